The number of carbonyl (C=O) groups is 1. The molecule has 0 spiro atoms. The van der Waals surface area contributed by atoms with Crippen LogP contribution in [-0.2, 0) is 33.9 Å². The van der Waals surface area contributed by atoms with Crippen molar-refractivity contribution in [1.82, 2.24) is 14.5 Å². The summed E-state index contributed by atoms with van der Waals surface area (Å²) in [6.07, 6.45) is 3.90. The lowest BCUT2D eigenvalue weighted by atomic mass is 10.1. The molecule has 37 heavy (non-hydrogen) atoms. The van der Waals surface area contributed by atoms with Crippen molar-refractivity contribution in [2.45, 2.75) is 57.0 Å². The van der Waals surface area contributed by atoms with Gasteiger partial charge in [-0.15, -0.1) is 0 Å². The Balaban J connectivity index is 1.94. The van der Waals surface area contributed by atoms with E-state index in [2.05, 4.69) is 30.3 Å². The highest BCUT2D eigenvalue weighted by Gasteiger charge is 2.28. The Bertz CT molecular complexity index is 1320. The monoisotopic (exact) mass is 608 g/mol. The van der Waals surface area contributed by atoms with Gasteiger partial charge in [0.2, 0.25) is 5.89 Å². The summed E-state index contributed by atoms with van der Waals surface area (Å²) in [5, 5.41) is 0.390. The summed E-state index contributed by atoms with van der Waals surface area (Å²) in [7, 11) is 0. The zero-order chi connectivity index (χ0) is 27.2. The minimum Gasteiger partial charge on any atom is -0.591 e. The molecular formula is C25H29BrN4O5S2. The highest BCUT2D eigenvalue weighted by atomic mass is 79.9. The molecule has 1 atom stereocenters. The number of oxazole rings is 1. The van der Waals surface area contributed by atoms with Crippen molar-refractivity contribution in [3.63, 3.8) is 0 Å². The van der Waals surface area contributed by atoms with E-state index >= 15 is 0 Å². The number of carbonyl (C=O) groups excluding carboxylic acids is 1. The summed E-state index contributed by atoms with van der Waals surface area (Å²) in [5.74, 6) is -0.0870. The fourth-order valence-electron chi connectivity index (χ4n) is 3.16. The third-order valence-electron chi connectivity index (χ3n) is 5.06. The minimum atomic E-state index is -1.54. The van der Waals surface area contributed by atoms with Crippen LogP contribution < -0.4 is 5.56 Å². The zero-order valence-corrected chi connectivity index (χ0v) is 24.5. The Morgan fingerprint density at radius 3 is 2.59 bits per heavy atom. The van der Waals surface area contributed by atoms with Gasteiger partial charge in [-0.25, -0.2) is 9.97 Å². The normalized spacial score (nSPS) is 13.0. The number of aryl methyl sites for hydroxylation is 1. The van der Waals surface area contributed by atoms with Crippen LogP contribution in [0.5, 0.6) is 0 Å². The average molecular weight is 610 g/mol. The summed E-state index contributed by atoms with van der Waals surface area (Å²) in [4.78, 5) is 34.2. The van der Waals surface area contributed by atoms with Gasteiger partial charge in [-0.05, 0) is 68.4 Å². The third kappa shape index (κ3) is 7.56. The van der Waals surface area contributed by atoms with Gasteiger partial charge in [0.25, 0.3) is 5.56 Å². The van der Waals surface area contributed by atoms with Gasteiger partial charge in [0.05, 0.1) is 12.3 Å². The van der Waals surface area contributed by atoms with E-state index in [1.54, 1.807) is 13.2 Å². The van der Waals surface area contributed by atoms with Crippen molar-refractivity contribution in [2.24, 2.45) is 4.40 Å². The van der Waals surface area contributed by atoms with E-state index in [-0.39, 0.29) is 23.2 Å². The van der Waals surface area contributed by atoms with Crippen LogP contribution in [0.2, 0.25) is 0 Å². The molecule has 0 fully saturated rings. The first-order valence-electron chi connectivity index (χ1n) is 11.5. The van der Waals surface area contributed by atoms with Gasteiger partial charge < -0.3 is 13.7 Å². The van der Waals surface area contributed by atoms with Gasteiger partial charge in [0, 0.05) is 12.0 Å². The molecule has 0 aliphatic rings. The lowest BCUT2D eigenvalue weighted by molar-refractivity contribution is -0.144. The van der Waals surface area contributed by atoms with Gasteiger partial charge in [-0.3, -0.25) is 14.2 Å². The Labute approximate surface area is 231 Å². The Kier molecular flexibility index (Phi) is 10.2. The molecule has 9 nitrogen and oxygen atoms in total. The van der Waals surface area contributed by atoms with Crippen LogP contribution >= 0.6 is 27.7 Å². The van der Waals surface area contributed by atoms with Crippen LogP contribution in [-0.4, -0.2) is 48.4 Å². The highest BCUT2D eigenvalue weighted by Crippen LogP contribution is 2.24. The van der Waals surface area contributed by atoms with Crippen LogP contribution in [0.15, 0.2) is 59.8 Å². The van der Waals surface area contributed by atoms with Crippen LogP contribution in [0, 0.1) is 0 Å². The van der Waals surface area contributed by atoms with Crippen molar-refractivity contribution >= 4 is 50.7 Å². The molecule has 3 rings (SSSR count). The second-order valence-electron chi connectivity index (χ2n) is 8.86. The van der Waals surface area contributed by atoms with Gasteiger partial charge >= 0.3 is 5.97 Å². The average Bonchev–Trinajstić information content (AvgIpc) is 3.36. The first-order valence-corrected chi connectivity index (χ1v) is 14.7. The summed E-state index contributed by atoms with van der Waals surface area (Å²) in [5.41, 5.74) is 1.87. The number of esters is 1. The number of rotatable bonds is 10. The smallest absolute Gasteiger partial charge is 0.326 e. The van der Waals surface area contributed by atoms with E-state index in [1.165, 1.54) is 22.6 Å². The van der Waals surface area contributed by atoms with Gasteiger partial charge in [0.1, 0.15) is 44.8 Å². The number of halogens is 1. The Morgan fingerprint density at radius 1 is 1.27 bits per heavy atom. The number of aromatic nitrogens is 3. The molecule has 0 saturated carbocycles. The van der Waals surface area contributed by atoms with E-state index in [4.69, 9.17) is 9.15 Å². The van der Waals surface area contributed by atoms with Crippen molar-refractivity contribution in [3.05, 3.63) is 62.8 Å². The largest absolute Gasteiger partial charge is 0.591 e. The van der Waals surface area contributed by atoms with E-state index in [0.717, 1.165) is 5.56 Å². The maximum absolute atomic E-state index is 13.0. The fraction of sp³-hybridized carbons (Fsp3) is 0.400. The molecule has 1 unspecified atom stereocenters. The second-order valence-corrected chi connectivity index (χ2v) is 12.3. The molecule has 0 aliphatic carbocycles. The van der Waals surface area contributed by atoms with E-state index in [0.29, 0.717) is 41.0 Å². The maximum Gasteiger partial charge on any atom is 0.326 e. The Hall–Kier alpha value is -2.41. The van der Waals surface area contributed by atoms with Crippen molar-refractivity contribution < 1.29 is 18.5 Å². The first-order chi connectivity index (χ1) is 17.5. The molecule has 1 aromatic carbocycles. The molecule has 0 N–H and O–H groups in total. The van der Waals surface area contributed by atoms with Gasteiger partial charge in [-0.2, -0.15) is 0 Å². The summed E-state index contributed by atoms with van der Waals surface area (Å²) >= 11 is 3.07. The van der Waals surface area contributed by atoms with Crippen molar-refractivity contribution in [1.29, 1.82) is 0 Å². The van der Waals surface area contributed by atoms with E-state index < -0.39 is 22.1 Å². The second kappa shape index (κ2) is 12.9. The molecular weight excluding hydrogens is 580 g/mol. The quantitative estimate of drug-likeness (QED) is 0.105. The van der Waals surface area contributed by atoms with Gasteiger partial charge in [0.15, 0.2) is 5.16 Å². The molecule has 0 amide bonds. The van der Waals surface area contributed by atoms with E-state index in [1.807, 2.05) is 51.1 Å². The van der Waals surface area contributed by atoms with Gasteiger partial charge in [-0.1, -0.05) is 34.4 Å². The van der Waals surface area contributed by atoms with Crippen LogP contribution in [0.3, 0.4) is 0 Å². The van der Waals surface area contributed by atoms with Crippen molar-refractivity contribution in [3.8, 4) is 11.5 Å². The number of hydrogen-bond acceptors (Lipinski definition) is 9. The topological polar surface area (TPSA) is 123 Å². The number of ether oxygens (including phenoxy) is 1. The van der Waals surface area contributed by atoms with Crippen LogP contribution in [0.4, 0.5) is 0 Å². The van der Waals surface area contributed by atoms with Crippen LogP contribution in [0.25, 0.3) is 11.5 Å². The SMILES string of the molecule is CCOC(=O)Cn1c(SC)nc(CCC(=N[S+]([O-])C(C)(C)C)c2coc(-c3ccccc3)n2)c(Br)c1=O. The summed E-state index contributed by atoms with van der Waals surface area (Å²) < 4.78 is 29.0. The third-order valence-corrected chi connectivity index (χ3v) is 7.97. The predicted molar refractivity (Wildman–Crippen MR) is 149 cm³/mol. The zero-order valence-electron chi connectivity index (χ0n) is 21.3. The minimum absolute atomic E-state index is 0.223. The molecule has 0 aliphatic heterocycles. The molecule has 0 saturated heterocycles. The van der Waals surface area contributed by atoms with Crippen LogP contribution in [0.1, 0.15) is 45.5 Å². The lowest BCUT2D eigenvalue weighted by Crippen LogP contribution is -2.29. The van der Waals surface area contributed by atoms with Crippen molar-refractivity contribution in [2.75, 3.05) is 12.9 Å². The highest BCUT2D eigenvalue weighted by molar-refractivity contribution is 9.10. The first kappa shape index (κ1) is 29.2. The molecule has 2 heterocycles. The predicted octanol–water partition coefficient (Wildman–Crippen LogP) is 4.83. The molecule has 3 aromatic rings. The standard InChI is InChI=1S/C25H29BrN4O5S2/c1-6-34-20(31)14-30-23(32)21(26)18(28-24(30)36-5)13-12-17(29-37(33)25(2,3)4)19-15-35-22(27-19)16-10-8-7-9-11-16/h7-11,15H,6,12-14H2,1-5H3. The summed E-state index contributed by atoms with van der Waals surface area (Å²) in [6.45, 7) is 7.22. The molecule has 198 valence electrons. The number of benzene rings is 1. The fourth-order valence-corrected chi connectivity index (χ4v) is 4.89. The Morgan fingerprint density at radius 2 is 1.97 bits per heavy atom. The molecule has 2 aromatic heterocycles. The summed E-state index contributed by atoms with van der Waals surface area (Å²) in [6, 6.07) is 9.45. The number of nitrogens with zero attached hydrogens (tertiary/aromatic N) is 4. The molecule has 0 radical (unpaired) electrons. The number of thioether (sulfide) groups is 1. The maximum atomic E-state index is 13.0. The van der Waals surface area contributed by atoms with E-state index in [9.17, 15) is 14.1 Å². The molecule has 0 bridgehead atoms. The molecule has 12 heteroatoms. The lowest BCUT2D eigenvalue weighted by Gasteiger charge is -2.19. The number of hydrogen-bond donors (Lipinski definition) is 0.